The fourth-order valence-electron chi connectivity index (χ4n) is 1.60. The predicted octanol–water partition coefficient (Wildman–Crippen LogP) is 3.78. The molecule has 0 spiro atoms. The molecule has 0 aliphatic carbocycles. The molecule has 0 atom stereocenters. The van der Waals surface area contributed by atoms with Gasteiger partial charge in [-0.2, -0.15) is 4.39 Å². The largest absolute Gasteiger partial charge is 0.322 e. The van der Waals surface area contributed by atoms with E-state index in [4.69, 9.17) is 11.6 Å². The zero-order valence-electron chi connectivity index (χ0n) is 10.3. The van der Waals surface area contributed by atoms with E-state index in [2.05, 4.69) is 5.32 Å². The van der Waals surface area contributed by atoms with Crippen LogP contribution in [0.4, 0.5) is 20.2 Å². The van der Waals surface area contributed by atoms with Crippen LogP contribution in [0.5, 0.6) is 0 Å². The third kappa shape index (κ3) is 3.32. The summed E-state index contributed by atoms with van der Waals surface area (Å²) in [6.45, 7) is 0. The number of nitro groups is 1. The topological polar surface area (TPSA) is 72.2 Å². The average molecular weight is 313 g/mol. The quantitative estimate of drug-likeness (QED) is 0.692. The first-order valence-electron chi connectivity index (χ1n) is 5.59. The Hall–Kier alpha value is -2.54. The smallest absolute Gasteiger partial charge is 0.304 e. The molecular formula is C13H7ClF2N2O3. The monoisotopic (exact) mass is 312 g/mol. The van der Waals surface area contributed by atoms with E-state index in [9.17, 15) is 23.7 Å². The Bertz CT molecular complexity index is 737. The molecule has 0 aromatic heterocycles. The molecule has 0 heterocycles. The van der Waals surface area contributed by atoms with E-state index in [-0.39, 0.29) is 16.3 Å². The van der Waals surface area contributed by atoms with Crippen LogP contribution in [0.25, 0.3) is 0 Å². The molecule has 2 rings (SSSR count). The van der Waals surface area contributed by atoms with E-state index in [1.54, 1.807) is 0 Å². The molecule has 8 heteroatoms. The summed E-state index contributed by atoms with van der Waals surface area (Å²) in [7, 11) is 0. The second-order valence-electron chi connectivity index (χ2n) is 4.00. The molecule has 0 bridgehead atoms. The summed E-state index contributed by atoms with van der Waals surface area (Å²) in [4.78, 5) is 21.4. The van der Waals surface area contributed by atoms with Crippen LogP contribution in [0.1, 0.15) is 10.4 Å². The predicted molar refractivity (Wildman–Crippen MR) is 72.4 cm³/mol. The van der Waals surface area contributed by atoms with Gasteiger partial charge in [0.15, 0.2) is 0 Å². The zero-order valence-corrected chi connectivity index (χ0v) is 11.0. The van der Waals surface area contributed by atoms with E-state index in [0.29, 0.717) is 0 Å². The Balaban J connectivity index is 2.26. The van der Waals surface area contributed by atoms with Crippen molar-refractivity contribution in [3.8, 4) is 0 Å². The number of benzene rings is 2. The molecule has 0 unspecified atom stereocenters. The summed E-state index contributed by atoms with van der Waals surface area (Å²) in [5, 5.41) is 12.9. The van der Waals surface area contributed by atoms with Crippen LogP contribution in [0.15, 0.2) is 36.4 Å². The van der Waals surface area contributed by atoms with Crippen LogP contribution >= 0.6 is 11.6 Å². The molecular weight excluding hydrogens is 306 g/mol. The molecule has 1 N–H and O–H groups in total. The maximum atomic E-state index is 13.5. The highest BCUT2D eigenvalue weighted by Gasteiger charge is 2.16. The highest BCUT2D eigenvalue weighted by atomic mass is 35.5. The second-order valence-corrected chi connectivity index (χ2v) is 4.44. The number of rotatable bonds is 3. The van der Waals surface area contributed by atoms with Gasteiger partial charge >= 0.3 is 5.69 Å². The molecule has 1 amide bonds. The number of carbonyl (C=O) groups is 1. The summed E-state index contributed by atoms with van der Waals surface area (Å²) < 4.78 is 26.9. The minimum absolute atomic E-state index is 0.0394. The van der Waals surface area contributed by atoms with Crippen molar-refractivity contribution in [3.05, 3.63) is 68.7 Å². The third-order valence-corrected chi connectivity index (χ3v) is 2.81. The van der Waals surface area contributed by atoms with E-state index in [1.165, 1.54) is 6.07 Å². The normalized spacial score (nSPS) is 10.2. The number of nitrogens with one attached hydrogen (secondary N) is 1. The molecule has 0 fully saturated rings. The van der Waals surface area contributed by atoms with Gasteiger partial charge in [0, 0.05) is 22.8 Å². The van der Waals surface area contributed by atoms with Gasteiger partial charge in [-0.15, -0.1) is 0 Å². The van der Waals surface area contributed by atoms with Crippen molar-refractivity contribution in [3.63, 3.8) is 0 Å². The first-order valence-corrected chi connectivity index (χ1v) is 5.96. The number of nitro benzene ring substituents is 1. The van der Waals surface area contributed by atoms with Crippen molar-refractivity contribution in [2.45, 2.75) is 0 Å². The Labute approximate surface area is 122 Å². The summed E-state index contributed by atoms with van der Waals surface area (Å²) in [5.74, 6) is -2.74. The van der Waals surface area contributed by atoms with E-state index < -0.39 is 28.2 Å². The number of halogens is 3. The fourth-order valence-corrected chi connectivity index (χ4v) is 1.77. The van der Waals surface area contributed by atoms with Gasteiger partial charge in [-0.25, -0.2) is 4.39 Å². The standard InChI is InChI=1S/C13H7ClF2N2O3/c14-7-1-3-10(15)9(5-7)13(19)17-8-2-4-12(18(20)21)11(16)6-8/h1-6H,(H,17,19). The van der Waals surface area contributed by atoms with Crippen molar-refractivity contribution in [2.24, 2.45) is 0 Å². The van der Waals surface area contributed by atoms with Crippen molar-refractivity contribution in [1.82, 2.24) is 0 Å². The molecule has 108 valence electrons. The van der Waals surface area contributed by atoms with Crippen molar-refractivity contribution < 1.29 is 18.5 Å². The van der Waals surface area contributed by atoms with Gasteiger partial charge in [-0.05, 0) is 24.3 Å². The lowest BCUT2D eigenvalue weighted by atomic mass is 10.2. The van der Waals surface area contributed by atoms with Gasteiger partial charge in [-0.1, -0.05) is 11.6 Å². The van der Waals surface area contributed by atoms with E-state index in [0.717, 1.165) is 30.3 Å². The second kappa shape index (κ2) is 5.84. The van der Waals surface area contributed by atoms with Gasteiger partial charge in [0.05, 0.1) is 10.5 Å². The molecule has 2 aromatic carbocycles. The van der Waals surface area contributed by atoms with Crippen molar-refractivity contribution >= 4 is 28.9 Å². The first-order chi connectivity index (χ1) is 9.88. The van der Waals surface area contributed by atoms with Gasteiger partial charge in [-0.3, -0.25) is 14.9 Å². The summed E-state index contributed by atoms with van der Waals surface area (Å²) in [6.07, 6.45) is 0. The van der Waals surface area contributed by atoms with Crippen molar-refractivity contribution in [2.75, 3.05) is 5.32 Å². The van der Waals surface area contributed by atoms with Gasteiger partial charge < -0.3 is 5.32 Å². The lowest BCUT2D eigenvalue weighted by Gasteiger charge is -2.06. The van der Waals surface area contributed by atoms with Crippen LogP contribution < -0.4 is 5.32 Å². The molecule has 5 nitrogen and oxygen atoms in total. The Morgan fingerprint density at radius 3 is 2.48 bits per heavy atom. The third-order valence-electron chi connectivity index (χ3n) is 2.58. The minimum Gasteiger partial charge on any atom is -0.322 e. The molecule has 0 saturated carbocycles. The minimum atomic E-state index is -1.11. The molecule has 0 aliphatic rings. The number of hydrogen-bond donors (Lipinski definition) is 1. The molecule has 2 aromatic rings. The molecule has 0 aliphatic heterocycles. The fraction of sp³-hybridized carbons (Fsp3) is 0. The lowest BCUT2D eigenvalue weighted by molar-refractivity contribution is -0.387. The summed E-state index contributed by atoms with van der Waals surface area (Å²) >= 11 is 5.66. The van der Waals surface area contributed by atoms with E-state index in [1.807, 2.05) is 0 Å². The van der Waals surface area contributed by atoms with Crippen LogP contribution in [0, 0.1) is 21.7 Å². The van der Waals surface area contributed by atoms with Crippen LogP contribution in [0.3, 0.4) is 0 Å². The van der Waals surface area contributed by atoms with E-state index >= 15 is 0 Å². The molecule has 21 heavy (non-hydrogen) atoms. The van der Waals surface area contributed by atoms with Gasteiger partial charge in [0.25, 0.3) is 5.91 Å². The SMILES string of the molecule is O=C(Nc1ccc([N+](=O)[O-])c(F)c1)c1cc(Cl)ccc1F. The maximum Gasteiger partial charge on any atom is 0.304 e. The van der Waals surface area contributed by atoms with Crippen LogP contribution in [-0.4, -0.2) is 10.8 Å². The number of nitrogens with zero attached hydrogens (tertiary/aromatic N) is 1. The average Bonchev–Trinajstić information content (AvgIpc) is 2.41. The van der Waals surface area contributed by atoms with Crippen LogP contribution in [0.2, 0.25) is 5.02 Å². The summed E-state index contributed by atoms with van der Waals surface area (Å²) in [6, 6.07) is 6.24. The molecule has 0 radical (unpaired) electrons. The Morgan fingerprint density at radius 2 is 1.86 bits per heavy atom. The Kier molecular flexibility index (Phi) is 4.13. The van der Waals surface area contributed by atoms with Gasteiger partial charge in [0.2, 0.25) is 5.82 Å². The zero-order chi connectivity index (χ0) is 15.6. The van der Waals surface area contributed by atoms with Gasteiger partial charge in [0.1, 0.15) is 5.82 Å². The number of amides is 1. The number of hydrogen-bond acceptors (Lipinski definition) is 3. The summed E-state index contributed by atoms with van der Waals surface area (Å²) in [5.41, 5.74) is -1.08. The van der Waals surface area contributed by atoms with Crippen molar-refractivity contribution in [1.29, 1.82) is 0 Å². The molecule has 0 saturated heterocycles. The maximum absolute atomic E-state index is 13.5. The van der Waals surface area contributed by atoms with Crippen LogP contribution in [-0.2, 0) is 0 Å². The Morgan fingerprint density at radius 1 is 1.14 bits per heavy atom. The number of carbonyl (C=O) groups excluding carboxylic acids is 1. The highest BCUT2D eigenvalue weighted by molar-refractivity contribution is 6.31. The lowest BCUT2D eigenvalue weighted by Crippen LogP contribution is -2.14. The highest BCUT2D eigenvalue weighted by Crippen LogP contribution is 2.22. The first kappa shape index (κ1) is 14.9. The number of anilines is 1.